The molecule has 0 aliphatic heterocycles. The fraction of sp³-hybridized carbons (Fsp3) is 0.727. The average molecular weight is 245 g/mol. The molecule has 0 rings (SSSR count). The zero-order chi connectivity index (χ0) is 12.7. The van der Waals surface area contributed by atoms with Crippen LogP contribution in [-0.2, 0) is 14.4 Å². The third kappa shape index (κ3) is 6.74. The molecular formula is C11H19NO3S. The maximum Gasteiger partial charge on any atom is 0.147 e. The number of nitrogens with two attached hydrogens (primary N) is 1. The number of carbonyl (C=O) groups is 3. The first-order chi connectivity index (χ1) is 7.34. The molecule has 0 aliphatic carbocycles. The summed E-state index contributed by atoms with van der Waals surface area (Å²) in [7, 11) is 0. The van der Waals surface area contributed by atoms with E-state index < -0.39 is 6.04 Å². The van der Waals surface area contributed by atoms with Crippen LogP contribution in [0.2, 0.25) is 0 Å². The van der Waals surface area contributed by atoms with Crippen molar-refractivity contribution < 1.29 is 14.4 Å². The molecule has 0 radical (unpaired) electrons. The molecule has 0 fully saturated rings. The van der Waals surface area contributed by atoms with Gasteiger partial charge in [-0.05, 0) is 20.8 Å². The third-order valence-electron chi connectivity index (χ3n) is 2.25. The van der Waals surface area contributed by atoms with E-state index in [2.05, 4.69) is 0 Å². The number of ketones is 3. The summed E-state index contributed by atoms with van der Waals surface area (Å²) < 4.78 is 0. The second-order valence-corrected chi connectivity index (χ2v) is 5.04. The van der Waals surface area contributed by atoms with Crippen molar-refractivity contribution in [1.29, 1.82) is 0 Å². The van der Waals surface area contributed by atoms with Gasteiger partial charge in [0.25, 0.3) is 0 Å². The summed E-state index contributed by atoms with van der Waals surface area (Å²) in [6.45, 7) is 4.41. The minimum absolute atomic E-state index is 0.0108. The van der Waals surface area contributed by atoms with Gasteiger partial charge in [-0.2, -0.15) is 11.8 Å². The highest BCUT2D eigenvalue weighted by Gasteiger charge is 2.17. The Morgan fingerprint density at radius 1 is 1.06 bits per heavy atom. The maximum atomic E-state index is 11.2. The highest BCUT2D eigenvalue weighted by molar-refractivity contribution is 7.99. The van der Waals surface area contributed by atoms with E-state index in [0.717, 1.165) is 0 Å². The molecule has 0 aliphatic rings. The van der Waals surface area contributed by atoms with Crippen LogP contribution in [0.15, 0.2) is 0 Å². The van der Waals surface area contributed by atoms with Crippen molar-refractivity contribution in [2.45, 2.75) is 33.2 Å². The monoisotopic (exact) mass is 245 g/mol. The van der Waals surface area contributed by atoms with Gasteiger partial charge in [0, 0.05) is 23.8 Å². The van der Waals surface area contributed by atoms with Crippen LogP contribution in [0.1, 0.15) is 27.2 Å². The molecule has 0 saturated carbocycles. The predicted octanol–water partition coefficient (Wildman–Crippen LogP) is 0.820. The third-order valence-corrected chi connectivity index (χ3v) is 3.48. The molecule has 0 aromatic rings. The number of Topliss-reactive ketones (excluding diaryl/α,β-unsaturated/α-hetero) is 3. The van der Waals surface area contributed by atoms with E-state index in [-0.39, 0.29) is 29.7 Å². The van der Waals surface area contributed by atoms with Crippen LogP contribution in [-0.4, -0.2) is 34.9 Å². The van der Waals surface area contributed by atoms with E-state index in [0.29, 0.717) is 11.5 Å². The van der Waals surface area contributed by atoms with Crippen LogP contribution >= 0.6 is 11.8 Å². The molecular weight excluding hydrogens is 226 g/mol. The molecule has 2 unspecified atom stereocenters. The normalized spacial score (nSPS) is 14.2. The fourth-order valence-electron chi connectivity index (χ4n) is 1.12. The maximum absolute atomic E-state index is 11.2. The van der Waals surface area contributed by atoms with E-state index in [9.17, 15) is 14.4 Å². The lowest BCUT2D eigenvalue weighted by molar-refractivity contribution is -0.125. The Hall–Kier alpha value is -0.680. The van der Waals surface area contributed by atoms with Gasteiger partial charge in [-0.25, -0.2) is 0 Å². The molecule has 0 amide bonds. The lowest BCUT2D eigenvalue weighted by atomic mass is 10.0. The van der Waals surface area contributed by atoms with Gasteiger partial charge in [0.15, 0.2) is 0 Å². The van der Waals surface area contributed by atoms with Crippen LogP contribution in [0.25, 0.3) is 0 Å². The van der Waals surface area contributed by atoms with Gasteiger partial charge in [-0.1, -0.05) is 0 Å². The quantitative estimate of drug-likeness (QED) is 0.685. The van der Waals surface area contributed by atoms with Gasteiger partial charge in [0.2, 0.25) is 0 Å². The first-order valence-electron chi connectivity index (χ1n) is 5.18. The fourth-order valence-corrected chi connectivity index (χ4v) is 2.38. The molecule has 0 heterocycles. The van der Waals surface area contributed by atoms with Crippen LogP contribution in [0, 0.1) is 5.92 Å². The molecule has 0 saturated heterocycles. The Morgan fingerprint density at radius 2 is 1.62 bits per heavy atom. The zero-order valence-corrected chi connectivity index (χ0v) is 10.8. The SMILES string of the molecule is CC(=O)CC(CSCC(N)C(C)=O)C(C)=O. The van der Waals surface area contributed by atoms with E-state index in [1.165, 1.54) is 32.5 Å². The smallest absolute Gasteiger partial charge is 0.147 e. The van der Waals surface area contributed by atoms with Gasteiger partial charge in [-0.3, -0.25) is 9.59 Å². The van der Waals surface area contributed by atoms with Crippen molar-refractivity contribution in [2.24, 2.45) is 11.7 Å². The molecule has 0 aromatic heterocycles. The van der Waals surface area contributed by atoms with Crippen LogP contribution in [0.5, 0.6) is 0 Å². The van der Waals surface area contributed by atoms with Crippen molar-refractivity contribution in [1.82, 2.24) is 0 Å². The van der Waals surface area contributed by atoms with Gasteiger partial charge >= 0.3 is 0 Å². The highest BCUT2D eigenvalue weighted by Crippen LogP contribution is 2.14. The Labute approximate surface area is 100 Å². The number of rotatable bonds is 8. The van der Waals surface area contributed by atoms with Crippen molar-refractivity contribution in [2.75, 3.05) is 11.5 Å². The second-order valence-electron chi connectivity index (χ2n) is 3.97. The largest absolute Gasteiger partial charge is 0.321 e. The standard InChI is InChI=1S/C11H19NO3S/c1-7(13)4-10(8(2)14)5-16-6-11(12)9(3)15/h10-11H,4-6,12H2,1-3H3. The number of hydrogen-bond donors (Lipinski definition) is 1. The molecule has 4 nitrogen and oxygen atoms in total. The lowest BCUT2D eigenvalue weighted by Crippen LogP contribution is -2.31. The molecule has 16 heavy (non-hydrogen) atoms. The summed E-state index contributed by atoms with van der Waals surface area (Å²) in [6.07, 6.45) is 0.275. The van der Waals surface area contributed by atoms with Crippen LogP contribution < -0.4 is 5.73 Å². The van der Waals surface area contributed by atoms with E-state index in [4.69, 9.17) is 5.73 Å². The molecule has 2 atom stereocenters. The summed E-state index contributed by atoms with van der Waals surface area (Å²) in [4.78, 5) is 33.0. The molecule has 0 aromatic carbocycles. The van der Waals surface area contributed by atoms with Crippen molar-refractivity contribution in [3.63, 3.8) is 0 Å². The van der Waals surface area contributed by atoms with Gasteiger partial charge < -0.3 is 10.5 Å². The van der Waals surface area contributed by atoms with Crippen LogP contribution in [0.3, 0.4) is 0 Å². The Bertz CT molecular complexity index is 278. The first-order valence-corrected chi connectivity index (χ1v) is 6.33. The molecule has 5 heteroatoms. The predicted molar refractivity (Wildman–Crippen MR) is 65.5 cm³/mol. The summed E-state index contributed by atoms with van der Waals surface area (Å²) in [5.41, 5.74) is 5.56. The topological polar surface area (TPSA) is 77.2 Å². The Morgan fingerprint density at radius 3 is 2.00 bits per heavy atom. The first kappa shape index (κ1) is 15.3. The summed E-state index contributed by atoms with van der Waals surface area (Å²) in [5.74, 6) is 0.767. The molecule has 0 bridgehead atoms. The Kier molecular flexibility index (Phi) is 7.25. The zero-order valence-electron chi connectivity index (χ0n) is 9.99. The number of thioether (sulfide) groups is 1. The minimum Gasteiger partial charge on any atom is -0.321 e. The lowest BCUT2D eigenvalue weighted by Gasteiger charge is -2.13. The van der Waals surface area contributed by atoms with E-state index in [1.54, 1.807) is 0 Å². The van der Waals surface area contributed by atoms with Gasteiger partial charge in [-0.15, -0.1) is 0 Å². The summed E-state index contributed by atoms with van der Waals surface area (Å²) in [5, 5.41) is 0. The van der Waals surface area contributed by atoms with E-state index >= 15 is 0 Å². The minimum atomic E-state index is -0.477. The van der Waals surface area contributed by atoms with Gasteiger partial charge in [0.1, 0.15) is 17.3 Å². The molecule has 92 valence electrons. The molecule has 2 N–H and O–H groups in total. The van der Waals surface area contributed by atoms with Gasteiger partial charge in [0.05, 0.1) is 6.04 Å². The second kappa shape index (κ2) is 7.57. The Balaban J connectivity index is 3.99. The average Bonchev–Trinajstić information content (AvgIpc) is 2.14. The van der Waals surface area contributed by atoms with E-state index in [1.807, 2.05) is 0 Å². The highest BCUT2D eigenvalue weighted by atomic mass is 32.2. The van der Waals surface area contributed by atoms with Crippen LogP contribution in [0.4, 0.5) is 0 Å². The molecule has 0 spiro atoms. The van der Waals surface area contributed by atoms with Crippen molar-refractivity contribution in [3.8, 4) is 0 Å². The summed E-state index contributed by atoms with van der Waals surface area (Å²) >= 11 is 1.45. The number of hydrogen-bond acceptors (Lipinski definition) is 5. The van der Waals surface area contributed by atoms with Crippen molar-refractivity contribution >= 4 is 29.1 Å². The summed E-state index contributed by atoms with van der Waals surface area (Å²) in [6, 6.07) is -0.477. The van der Waals surface area contributed by atoms with Crippen molar-refractivity contribution in [3.05, 3.63) is 0 Å². The number of carbonyl (C=O) groups excluding carboxylic acids is 3.